The van der Waals surface area contributed by atoms with Crippen LogP contribution in [0.1, 0.15) is 24.2 Å². The molecule has 1 aromatic carbocycles. The van der Waals surface area contributed by atoms with Crippen LogP contribution in [-0.2, 0) is 0 Å². The van der Waals surface area contributed by atoms with E-state index in [0.29, 0.717) is 0 Å². The summed E-state index contributed by atoms with van der Waals surface area (Å²) >= 11 is 1.33. The van der Waals surface area contributed by atoms with Crippen LogP contribution in [0.3, 0.4) is 0 Å². The van der Waals surface area contributed by atoms with Gasteiger partial charge in [0.25, 0.3) is 0 Å². The van der Waals surface area contributed by atoms with E-state index in [4.69, 9.17) is 5.11 Å². The van der Waals surface area contributed by atoms with Crippen molar-refractivity contribution in [3.05, 3.63) is 23.8 Å². The summed E-state index contributed by atoms with van der Waals surface area (Å²) in [6, 6.07) is 3.88. The van der Waals surface area contributed by atoms with E-state index in [1.54, 1.807) is 6.92 Å². The van der Waals surface area contributed by atoms with Crippen molar-refractivity contribution in [1.29, 1.82) is 0 Å². The van der Waals surface area contributed by atoms with E-state index in [0.717, 1.165) is 6.07 Å². The fourth-order valence-electron chi connectivity index (χ4n) is 1.18. The van der Waals surface area contributed by atoms with Crippen LogP contribution in [0, 0.1) is 0 Å². The average Bonchev–Trinajstić information content (AvgIpc) is 2.25. The first kappa shape index (κ1) is 13.9. The topological polar surface area (TPSA) is 77.8 Å². The maximum Gasteiger partial charge on any atom is 0.176 e. The number of aliphatic hydroxyl groups excluding tert-OH is 1. The lowest BCUT2D eigenvalue weighted by Gasteiger charge is -2.13. The van der Waals surface area contributed by atoms with Crippen LogP contribution in [0.25, 0.3) is 0 Å². The minimum Gasteiger partial charge on any atom is -0.508 e. The minimum atomic E-state index is -0.485. The SMILES string of the molecule is CC(O)C(C)SCC(=O)c1ccc(O)cc1O. The van der Waals surface area contributed by atoms with Crippen molar-refractivity contribution in [2.24, 2.45) is 0 Å². The first-order chi connectivity index (χ1) is 7.91. The third-order valence-electron chi connectivity index (χ3n) is 2.44. The van der Waals surface area contributed by atoms with E-state index in [2.05, 4.69) is 0 Å². The lowest BCUT2D eigenvalue weighted by atomic mass is 10.1. The fourth-order valence-corrected chi connectivity index (χ4v) is 2.03. The molecule has 94 valence electrons. The molecule has 2 unspecified atom stereocenters. The zero-order valence-corrected chi connectivity index (χ0v) is 10.6. The second-order valence-corrected chi connectivity index (χ2v) is 5.25. The second-order valence-electron chi connectivity index (χ2n) is 3.88. The molecule has 0 bridgehead atoms. The molecule has 0 aromatic heterocycles. The molecule has 17 heavy (non-hydrogen) atoms. The molecule has 0 fully saturated rings. The highest BCUT2D eigenvalue weighted by molar-refractivity contribution is 8.00. The Morgan fingerprint density at radius 1 is 1.35 bits per heavy atom. The maximum absolute atomic E-state index is 11.8. The molecule has 5 heteroatoms. The van der Waals surface area contributed by atoms with Gasteiger partial charge in [0.1, 0.15) is 11.5 Å². The van der Waals surface area contributed by atoms with Crippen LogP contribution in [0.2, 0.25) is 0 Å². The van der Waals surface area contributed by atoms with Crippen molar-refractivity contribution < 1.29 is 20.1 Å². The molecule has 0 spiro atoms. The monoisotopic (exact) mass is 256 g/mol. The number of aliphatic hydroxyl groups is 1. The van der Waals surface area contributed by atoms with Crippen LogP contribution < -0.4 is 0 Å². The van der Waals surface area contributed by atoms with Gasteiger partial charge >= 0.3 is 0 Å². The third-order valence-corrected chi connectivity index (χ3v) is 3.79. The highest BCUT2D eigenvalue weighted by Gasteiger charge is 2.15. The number of Topliss-reactive ketones (excluding diaryl/α,β-unsaturated/α-hetero) is 1. The molecule has 0 aliphatic carbocycles. The second kappa shape index (κ2) is 5.93. The molecule has 0 saturated heterocycles. The fraction of sp³-hybridized carbons (Fsp3) is 0.417. The molecule has 3 N–H and O–H groups in total. The summed E-state index contributed by atoms with van der Waals surface area (Å²) in [7, 11) is 0. The largest absolute Gasteiger partial charge is 0.508 e. The number of benzene rings is 1. The molecule has 1 aromatic rings. The van der Waals surface area contributed by atoms with Gasteiger partial charge in [-0.3, -0.25) is 4.79 Å². The molecule has 1 rings (SSSR count). The molecule has 0 aliphatic rings. The Morgan fingerprint density at radius 2 is 2.00 bits per heavy atom. The molecule has 4 nitrogen and oxygen atoms in total. The maximum atomic E-state index is 11.8. The zero-order chi connectivity index (χ0) is 13.0. The van der Waals surface area contributed by atoms with Gasteiger partial charge in [0.2, 0.25) is 0 Å². The Bertz CT molecular complexity index is 403. The first-order valence-electron chi connectivity index (χ1n) is 5.26. The van der Waals surface area contributed by atoms with Gasteiger partial charge < -0.3 is 15.3 Å². The van der Waals surface area contributed by atoms with E-state index >= 15 is 0 Å². The molecule has 0 saturated carbocycles. The Kier molecular flexibility index (Phi) is 4.84. The number of rotatable bonds is 5. The number of aromatic hydroxyl groups is 2. The van der Waals surface area contributed by atoms with Crippen molar-refractivity contribution in [2.75, 3.05) is 5.75 Å². The predicted octanol–water partition coefficient (Wildman–Crippen LogP) is 1.78. The third kappa shape index (κ3) is 3.94. The van der Waals surface area contributed by atoms with Crippen LogP contribution in [0.15, 0.2) is 18.2 Å². The lowest BCUT2D eigenvalue weighted by Crippen LogP contribution is -2.17. The minimum absolute atomic E-state index is 0.0433. The average molecular weight is 256 g/mol. The van der Waals surface area contributed by atoms with Crippen molar-refractivity contribution in [3.8, 4) is 11.5 Å². The van der Waals surface area contributed by atoms with Gasteiger partial charge in [-0.2, -0.15) is 0 Å². The zero-order valence-electron chi connectivity index (χ0n) is 9.75. The van der Waals surface area contributed by atoms with Gasteiger partial charge in [0, 0.05) is 11.3 Å². The van der Waals surface area contributed by atoms with E-state index in [1.165, 1.54) is 23.9 Å². The van der Waals surface area contributed by atoms with Crippen molar-refractivity contribution in [1.82, 2.24) is 0 Å². The van der Waals surface area contributed by atoms with Crippen LogP contribution >= 0.6 is 11.8 Å². The van der Waals surface area contributed by atoms with Gasteiger partial charge in [0.05, 0.1) is 17.4 Å². The Labute approximate surface area is 104 Å². The van der Waals surface area contributed by atoms with Gasteiger partial charge in [-0.1, -0.05) is 6.92 Å². The number of phenols is 2. The normalized spacial score (nSPS) is 14.3. The summed E-state index contributed by atoms with van der Waals surface area (Å²) < 4.78 is 0. The van der Waals surface area contributed by atoms with Crippen molar-refractivity contribution in [2.45, 2.75) is 25.2 Å². The number of carbonyl (C=O) groups is 1. The van der Waals surface area contributed by atoms with Crippen molar-refractivity contribution >= 4 is 17.5 Å². The van der Waals surface area contributed by atoms with Crippen LogP contribution in [0.4, 0.5) is 0 Å². The highest BCUT2D eigenvalue weighted by Crippen LogP contribution is 2.25. The summed E-state index contributed by atoms with van der Waals surface area (Å²) in [4.78, 5) is 11.8. The standard InChI is InChI=1S/C12H16O4S/c1-7(13)8(2)17-6-12(16)10-4-3-9(14)5-11(10)15/h3-5,7-8,13-15H,6H2,1-2H3. The molecule has 0 amide bonds. The van der Waals surface area contributed by atoms with Crippen LogP contribution in [-0.4, -0.2) is 38.2 Å². The van der Waals surface area contributed by atoms with Gasteiger partial charge in [-0.05, 0) is 19.1 Å². The summed E-state index contributed by atoms with van der Waals surface area (Å²) in [5, 5.41) is 27.8. The van der Waals surface area contributed by atoms with E-state index in [9.17, 15) is 15.0 Å². The Morgan fingerprint density at radius 3 is 2.53 bits per heavy atom. The van der Waals surface area contributed by atoms with Crippen molar-refractivity contribution in [3.63, 3.8) is 0 Å². The van der Waals surface area contributed by atoms with E-state index < -0.39 is 6.10 Å². The number of hydrogen-bond acceptors (Lipinski definition) is 5. The van der Waals surface area contributed by atoms with Gasteiger partial charge in [-0.25, -0.2) is 0 Å². The Hall–Kier alpha value is -1.20. The summed E-state index contributed by atoms with van der Waals surface area (Å²) in [5.74, 6) is -0.339. The lowest BCUT2D eigenvalue weighted by molar-refractivity contribution is 0.101. The van der Waals surface area contributed by atoms with E-state index in [-0.39, 0.29) is 33.8 Å². The van der Waals surface area contributed by atoms with Gasteiger partial charge in [0.15, 0.2) is 5.78 Å². The molecule has 2 atom stereocenters. The van der Waals surface area contributed by atoms with Crippen LogP contribution in [0.5, 0.6) is 11.5 Å². The molecule has 0 radical (unpaired) electrons. The molecular weight excluding hydrogens is 240 g/mol. The number of ketones is 1. The number of hydrogen-bond donors (Lipinski definition) is 3. The molecule has 0 heterocycles. The quantitative estimate of drug-likeness (QED) is 0.700. The first-order valence-corrected chi connectivity index (χ1v) is 6.31. The smallest absolute Gasteiger partial charge is 0.176 e. The summed E-state index contributed by atoms with van der Waals surface area (Å²) in [6.07, 6.45) is -0.485. The van der Waals surface area contributed by atoms with E-state index in [1.807, 2.05) is 6.92 Å². The predicted molar refractivity (Wildman–Crippen MR) is 67.7 cm³/mol. The number of thioether (sulfide) groups is 1. The summed E-state index contributed by atoms with van der Waals surface area (Å²) in [5.41, 5.74) is 0.188. The number of carbonyl (C=O) groups excluding carboxylic acids is 1. The highest BCUT2D eigenvalue weighted by atomic mass is 32.2. The summed E-state index contributed by atoms with van der Waals surface area (Å²) in [6.45, 7) is 3.50. The Balaban J connectivity index is 2.64. The van der Waals surface area contributed by atoms with Gasteiger partial charge in [-0.15, -0.1) is 11.8 Å². The molecule has 0 aliphatic heterocycles. The number of phenolic OH excluding ortho intramolecular Hbond substituents is 2. The molecular formula is C12H16O4S.